The predicted molar refractivity (Wildman–Crippen MR) is 47.7 cm³/mol. The topological polar surface area (TPSA) is 49.3 Å². The Balaban J connectivity index is 3.57. The van der Waals surface area contributed by atoms with Gasteiger partial charge in [-0.15, -0.1) is 0 Å². The summed E-state index contributed by atoms with van der Waals surface area (Å²) < 4.78 is 0. The molecule has 0 spiro atoms. The highest BCUT2D eigenvalue weighted by atomic mass is 79.9. The van der Waals surface area contributed by atoms with Crippen LogP contribution in [-0.4, -0.2) is 28.5 Å². The Morgan fingerprint density at radius 1 is 1.64 bits per heavy atom. The van der Waals surface area contributed by atoms with Crippen molar-refractivity contribution in [3.63, 3.8) is 0 Å². The molecule has 11 heavy (non-hydrogen) atoms. The average molecular weight is 224 g/mol. The van der Waals surface area contributed by atoms with Gasteiger partial charge < -0.3 is 10.4 Å². The number of hydrogen-bond acceptors (Lipinski definition) is 2. The molecule has 0 saturated carbocycles. The Morgan fingerprint density at radius 2 is 2.18 bits per heavy atom. The quantitative estimate of drug-likeness (QED) is 0.689. The maximum Gasteiger partial charge on any atom is 0.221 e. The van der Waals surface area contributed by atoms with Crippen LogP contribution in [0.2, 0.25) is 0 Å². The van der Waals surface area contributed by atoms with Gasteiger partial charge in [-0.05, 0) is 13.8 Å². The summed E-state index contributed by atoms with van der Waals surface area (Å²) in [4.78, 5) is 10.9. The Bertz CT molecular complexity index is 128. The standard InChI is InChI=1S/C7H14BrNO2/c1-5(6(2)10)9-7(11)3-4-8/h5-6,10H,3-4H2,1-2H3,(H,9,11). The van der Waals surface area contributed by atoms with Gasteiger partial charge in [-0.2, -0.15) is 0 Å². The van der Waals surface area contributed by atoms with Gasteiger partial charge in [0.05, 0.1) is 12.1 Å². The van der Waals surface area contributed by atoms with E-state index in [-0.39, 0.29) is 11.9 Å². The SMILES string of the molecule is CC(O)C(C)NC(=O)CCBr. The smallest absolute Gasteiger partial charge is 0.221 e. The van der Waals surface area contributed by atoms with Crippen molar-refractivity contribution in [2.24, 2.45) is 0 Å². The van der Waals surface area contributed by atoms with E-state index >= 15 is 0 Å². The number of hydrogen-bond donors (Lipinski definition) is 2. The van der Waals surface area contributed by atoms with E-state index in [0.717, 1.165) is 0 Å². The number of aliphatic hydroxyl groups excluding tert-OH is 1. The Labute approximate surface area is 75.3 Å². The lowest BCUT2D eigenvalue weighted by Crippen LogP contribution is -2.39. The summed E-state index contributed by atoms with van der Waals surface area (Å²) in [6, 6.07) is -0.165. The molecule has 0 fully saturated rings. The van der Waals surface area contributed by atoms with Gasteiger partial charge in [0.1, 0.15) is 0 Å². The molecular weight excluding hydrogens is 210 g/mol. The molecule has 0 aliphatic rings. The van der Waals surface area contributed by atoms with E-state index in [9.17, 15) is 4.79 Å². The molecule has 0 aromatic heterocycles. The maximum atomic E-state index is 10.9. The summed E-state index contributed by atoms with van der Waals surface area (Å²) in [5.74, 6) is -0.0322. The molecule has 0 aromatic rings. The number of nitrogens with one attached hydrogen (secondary N) is 1. The van der Waals surface area contributed by atoms with Crippen LogP contribution in [0, 0.1) is 0 Å². The normalized spacial score (nSPS) is 15.6. The minimum absolute atomic E-state index is 0.0322. The predicted octanol–water partition coefficient (Wildman–Crippen LogP) is 0.657. The average Bonchev–Trinajstić information content (AvgIpc) is 1.87. The molecule has 0 aliphatic carbocycles. The third-order valence-electron chi connectivity index (χ3n) is 1.43. The van der Waals surface area contributed by atoms with Crippen LogP contribution in [-0.2, 0) is 4.79 Å². The molecule has 1 amide bonds. The second-order valence-corrected chi connectivity index (χ2v) is 3.33. The maximum absolute atomic E-state index is 10.9. The summed E-state index contributed by atoms with van der Waals surface area (Å²) in [6.07, 6.45) is -0.0360. The number of alkyl halides is 1. The monoisotopic (exact) mass is 223 g/mol. The van der Waals surface area contributed by atoms with Crippen molar-refractivity contribution in [2.75, 3.05) is 5.33 Å². The van der Waals surface area contributed by atoms with Gasteiger partial charge in [-0.1, -0.05) is 15.9 Å². The second-order valence-electron chi connectivity index (χ2n) is 2.54. The number of carbonyl (C=O) groups is 1. The molecule has 4 heteroatoms. The summed E-state index contributed by atoms with van der Waals surface area (Å²) in [7, 11) is 0. The molecule has 0 radical (unpaired) electrons. The zero-order valence-electron chi connectivity index (χ0n) is 6.80. The molecule has 0 heterocycles. The van der Waals surface area contributed by atoms with Crippen LogP contribution in [0.3, 0.4) is 0 Å². The molecule has 2 N–H and O–H groups in total. The number of aliphatic hydroxyl groups is 1. The molecule has 2 unspecified atom stereocenters. The Hall–Kier alpha value is -0.0900. The molecule has 3 nitrogen and oxygen atoms in total. The zero-order chi connectivity index (χ0) is 8.85. The van der Waals surface area contributed by atoms with E-state index in [2.05, 4.69) is 21.2 Å². The fourth-order valence-electron chi connectivity index (χ4n) is 0.533. The number of carbonyl (C=O) groups excluding carboxylic acids is 1. The fourth-order valence-corrected chi connectivity index (χ4v) is 0.893. The lowest BCUT2D eigenvalue weighted by molar-refractivity contribution is -0.121. The lowest BCUT2D eigenvalue weighted by Gasteiger charge is -2.15. The van der Waals surface area contributed by atoms with Crippen LogP contribution in [0.15, 0.2) is 0 Å². The first kappa shape index (κ1) is 10.9. The minimum Gasteiger partial charge on any atom is -0.391 e. The molecule has 66 valence electrons. The van der Waals surface area contributed by atoms with Gasteiger partial charge in [0.15, 0.2) is 0 Å². The van der Waals surface area contributed by atoms with Crippen LogP contribution < -0.4 is 5.32 Å². The van der Waals surface area contributed by atoms with Crippen molar-refractivity contribution < 1.29 is 9.90 Å². The number of rotatable bonds is 4. The van der Waals surface area contributed by atoms with E-state index < -0.39 is 6.10 Å². The minimum atomic E-state index is -0.491. The molecule has 0 aromatic carbocycles. The van der Waals surface area contributed by atoms with E-state index in [1.54, 1.807) is 13.8 Å². The van der Waals surface area contributed by atoms with Crippen LogP contribution in [0.4, 0.5) is 0 Å². The highest BCUT2D eigenvalue weighted by Gasteiger charge is 2.10. The van der Waals surface area contributed by atoms with Crippen molar-refractivity contribution in [3.05, 3.63) is 0 Å². The number of halogens is 1. The summed E-state index contributed by atoms with van der Waals surface area (Å²) in [5, 5.41) is 12.3. The molecule has 0 bridgehead atoms. The van der Waals surface area contributed by atoms with Crippen LogP contribution in [0.5, 0.6) is 0 Å². The molecule has 2 atom stereocenters. The van der Waals surface area contributed by atoms with Gasteiger partial charge >= 0.3 is 0 Å². The highest BCUT2D eigenvalue weighted by Crippen LogP contribution is 1.93. The number of amides is 1. The van der Waals surface area contributed by atoms with Crippen molar-refractivity contribution in [1.82, 2.24) is 5.32 Å². The van der Waals surface area contributed by atoms with Gasteiger partial charge in [0.2, 0.25) is 5.91 Å². The Morgan fingerprint density at radius 3 is 2.55 bits per heavy atom. The molecule has 0 aliphatic heterocycles. The van der Waals surface area contributed by atoms with Crippen molar-refractivity contribution in [2.45, 2.75) is 32.4 Å². The fraction of sp³-hybridized carbons (Fsp3) is 0.857. The van der Waals surface area contributed by atoms with Crippen molar-refractivity contribution >= 4 is 21.8 Å². The van der Waals surface area contributed by atoms with E-state index in [0.29, 0.717) is 11.8 Å². The van der Waals surface area contributed by atoms with Gasteiger partial charge in [0.25, 0.3) is 0 Å². The third kappa shape index (κ3) is 5.21. The zero-order valence-corrected chi connectivity index (χ0v) is 8.39. The van der Waals surface area contributed by atoms with Crippen LogP contribution in [0.1, 0.15) is 20.3 Å². The van der Waals surface area contributed by atoms with E-state index in [1.165, 1.54) is 0 Å². The van der Waals surface area contributed by atoms with Crippen LogP contribution in [0.25, 0.3) is 0 Å². The van der Waals surface area contributed by atoms with E-state index in [1.807, 2.05) is 0 Å². The molecule has 0 saturated heterocycles. The van der Waals surface area contributed by atoms with Gasteiger partial charge in [-0.3, -0.25) is 4.79 Å². The van der Waals surface area contributed by atoms with Crippen molar-refractivity contribution in [1.29, 1.82) is 0 Å². The first-order valence-electron chi connectivity index (χ1n) is 3.61. The summed E-state index contributed by atoms with van der Waals surface area (Å²) >= 11 is 3.15. The third-order valence-corrected chi connectivity index (χ3v) is 1.83. The highest BCUT2D eigenvalue weighted by molar-refractivity contribution is 9.09. The largest absolute Gasteiger partial charge is 0.391 e. The molecule has 0 rings (SSSR count). The van der Waals surface area contributed by atoms with Crippen LogP contribution >= 0.6 is 15.9 Å². The first-order valence-corrected chi connectivity index (χ1v) is 4.73. The summed E-state index contributed by atoms with van der Waals surface area (Å²) in [5.41, 5.74) is 0. The first-order chi connectivity index (χ1) is 5.07. The second kappa shape index (κ2) is 5.55. The summed E-state index contributed by atoms with van der Waals surface area (Å²) in [6.45, 7) is 3.43. The lowest BCUT2D eigenvalue weighted by atomic mass is 10.2. The Kier molecular flexibility index (Phi) is 5.50. The van der Waals surface area contributed by atoms with Gasteiger partial charge in [0, 0.05) is 11.8 Å². The van der Waals surface area contributed by atoms with Gasteiger partial charge in [-0.25, -0.2) is 0 Å². The molecular formula is C7H14BrNO2. The van der Waals surface area contributed by atoms with E-state index in [4.69, 9.17) is 5.11 Å². The van der Waals surface area contributed by atoms with Crippen molar-refractivity contribution in [3.8, 4) is 0 Å².